The molecule has 5 heteroatoms. The van der Waals surface area contributed by atoms with Crippen molar-refractivity contribution >= 4 is 36.7 Å². The van der Waals surface area contributed by atoms with Crippen LogP contribution in [0, 0.1) is 5.41 Å². The van der Waals surface area contributed by atoms with Gasteiger partial charge in [0, 0.05) is 28.1 Å². The zero-order valence-corrected chi connectivity index (χ0v) is 16.4. The van der Waals surface area contributed by atoms with Gasteiger partial charge in [-0.3, -0.25) is 0 Å². The third kappa shape index (κ3) is 4.00. The largest absolute Gasteiger partial charge is 0.347 e. The normalized spacial score (nSPS) is 16.2. The fraction of sp³-hybridized carbons (Fsp3) is 0.556. The number of rotatable bonds is 5. The standard InChI is InChI=1S/C18H24BrNO2S/c1-18(2,3)12-20-11-13(8-9-23(21,22)15-5-6-15)16-7-4-14(19)10-17(16)20/h4,7,10-11,15H,5-6,8-9,12H2,1-3H3. The Labute approximate surface area is 147 Å². The minimum atomic E-state index is -2.91. The number of halogens is 1. The fourth-order valence-electron chi connectivity index (χ4n) is 3.03. The van der Waals surface area contributed by atoms with E-state index in [1.165, 1.54) is 10.9 Å². The molecule has 0 amide bonds. The lowest BCUT2D eigenvalue weighted by atomic mass is 9.97. The van der Waals surface area contributed by atoms with Crippen molar-refractivity contribution < 1.29 is 8.42 Å². The van der Waals surface area contributed by atoms with Crippen LogP contribution in [-0.4, -0.2) is 24.0 Å². The number of aromatic nitrogens is 1. The van der Waals surface area contributed by atoms with Crippen molar-refractivity contribution in [2.45, 2.75) is 51.8 Å². The summed E-state index contributed by atoms with van der Waals surface area (Å²) in [6, 6.07) is 6.25. The van der Waals surface area contributed by atoms with Crippen molar-refractivity contribution in [3.05, 3.63) is 34.4 Å². The summed E-state index contributed by atoms with van der Waals surface area (Å²) in [7, 11) is -2.91. The van der Waals surface area contributed by atoms with E-state index < -0.39 is 9.84 Å². The summed E-state index contributed by atoms with van der Waals surface area (Å²) in [6.07, 6.45) is 4.45. The summed E-state index contributed by atoms with van der Waals surface area (Å²) in [5.41, 5.74) is 2.49. The highest BCUT2D eigenvalue weighted by Gasteiger charge is 2.35. The van der Waals surface area contributed by atoms with Gasteiger partial charge >= 0.3 is 0 Å². The molecule has 0 N–H and O–H groups in total. The summed E-state index contributed by atoms with van der Waals surface area (Å²) in [5, 5.41) is 1.10. The highest BCUT2D eigenvalue weighted by Crippen LogP contribution is 2.31. The third-order valence-corrected chi connectivity index (χ3v) is 7.01. The third-order valence-electron chi connectivity index (χ3n) is 4.26. The highest BCUT2D eigenvalue weighted by atomic mass is 79.9. The fourth-order valence-corrected chi connectivity index (χ4v) is 5.07. The maximum Gasteiger partial charge on any atom is 0.153 e. The first-order chi connectivity index (χ1) is 10.7. The van der Waals surface area contributed by atoms with Gasteiger partial charge in [-0.05, 0) is 42.4 Å². The number of aryl methyl sites for hydroxylation is 1. The molecule has 1 heterocycles. The number of nitrogens with zero attached hydrogens (tertiary/aromatic N) is 1. The van der Waals surface area contributed by atoms with Crippen molar-refractivity contribution in [1.29, 1.82) is 0 Å². The van der Waals surface area contributed by atoms with Gasteiger partial charge in [-0.2, -0.15) is 0 Å². The maximum absolute atomic E-state index is 12.2. The molecule has 1 aliphatic rings. The van der Waals surface area contributed by atoms with Crippen molar-refractivity contribution in [3.63, 3.8) is 0 Å². The molecule has 0 aliphatic heterocycles. The van der Waals surface area contributed by atoms with Crippen LogP contribution < -0.4 is 0 Å². The summed E-state index contributed by atoms with van der Waals surface area (Å²) in [5.74, 6) is 0.266. The van der Waals surface area contributed by atoms with Crippen LogP contribution in [0.4, 0.5) is 0 Å². The number of benzene rings is 1. The van der Waals surface area contributed by atoms with Gasteiger partial charge < -0.3 is 4.57 Å². The van der Waals surface area contributed by atoms with Crippen molar-refractivity contribution in [3.8, 4) is 0 Å². The summed E-state index contributed by atoms with van der Waals surface area (Å²) in [6.45, 7) is 7.56. The molecule has 3 rings (SSSR count). The van der Waals surface area contributed by atoms with E-state index in [0.29, 0.717) is 6.42 Å². The van der Waals surface area contributed by atoms with E-state index in [9.17, 15) is 8.42 Å². The molecule has 0 atom stereocenters. The molecular formula is C18H24BrNO2S. The Balaban J connectivity index is 1.93. The average molecular weight is 398 g/mol. The molecule has 1 aromatic carbocycles. The van der Waals surface area contributed by atoms with Gasteiger partial charge in [-0.15, -0.1) is 0 Å². The number of hydrogen-bond acceptors (Lipinski definition) is 2. The van der Waals surface area contributed by atoms with E-state index in [4.69, 9.17) is 0 Å². The Hall–Kier alpha value is -0.810. The van der Waals surface area contributed by atoms with Gasteiger partial charge in [0.1, 0.15) is 0 Å². The van der Waals surface area contributed by atoms with E-state index in [1.807, 2.05) is 6.07 Å². The van der Waals surface area contributed by atoms with Gasteiger partial charge in [0.15, 0.2) is 9.84 Å². The van der Waals surface area contributed by atoms with Crippen LogP contribution in [0.1, 0.15) is 39.2 Å². The molecule has 1 saturated carbocycles. The molecule has 0 saturated heterocycles. The molecule has 0 unspecified atom stereocenters. The monoisotopic (exact) mass is 397 g/mol. The predicted octanol–water partition coefficient (Wildman–Crippen LogP) is 4.57. The van der Waals surface area contributed by atoms with Crippen LogP contribution in [0.2, 0.25) is 0 Å². The lowest BCUT2D eigenvalue weighted by molar-refractivity contribution is 0.349. The van der Waals surface area contributed by atoms with E-state index >= 15 is 0 Å². The minimum Gasteiger partial charge on any atom is -0.347 e. The van der Waals surface area contributed by atoms with Gasteiger partial charge in [-0.1, -0.05) is 42.8 Å². The SMILES string of the molecule is CC(C)(C)Cn1cc(CCS(=O)(=O)C2CC2)c2ccc(Br)cc21. The molecule has 126 valence electrons. The molecule has 0 spiro atoms. The summed E-state index contributed by atoms with van der Waals surface area (Å²) in [4.78, 5) is 0. The minimum absolute atomic E-state index is 0.0698. The Morgan fingerprint density at radius 2 is 1.96 bits per heavy atom. The number of sulfone groups is 1. The van der Waals surface area contributed by atoms with Crippen LogP contribution in [0.3, 0.4) is 0 Å². The van der Waals surface area contributed by atoms with Crippen LogP contribution in [0.15, 0.2) is 28.9 Å². The second-order valence-electron chi connectivity index (χ2n) is 7.82. The van der Waals surface area contributed by atoms with E-state index in [2.05, 4.69) is 59.6 Å². The van der Waals surface area contributed by atoms with E-state index in [-0.39, 0.29) is 16.4 Å². The Bertz CT molecular complexity index is 827. The highest BCUT2D eigenvalue weighted by molar-refractivity contribution is 9.10. The number of hydrogen-bond donors (Lipinski definition) is 0. The first-order valence-corrected chi connectivity index (χ1v) is 10.7. The van der Waals surface area contributed by atoms with Crippen LogP contribution in [-0.2, 0) is 22.8 Å². The average Bonchev–Trinajstić information content (AvgIpc) is 3.22. The molecule has 0 radical (unpaired) electrons. The van der Waals surface area contributed by atoms with Gasteiger partial charge in [0.05, 0.1) is 11.0 Å². The first kappa shape index (κ1) is 17.0. The second-order valence-corrected chi connectivity index (χ2v) is 11.1. The zero-order chi connectivity index (χ0) is 16.8. The van der Waals surface area contributed by atoms with Crippen LogP contribution >= 0.6 is 15.9 Å². The predicted molar refractivity (Wildman–Crippen MR) is 99.6 cm³/mol. The van der Waals surface area contributed by atoms with Crippen molar-refractivity contribution in [2.75, 3.05) is 5.75 Å². The van der Waals surface area contributed by atoms with Crippen molar-refractivity contribution in [2.24, 2.45) is 5.41 Å². The maximum atomic E-state index is 12.2. The molecule has 3 nitrogen and oxygen atoms in total. The smallest absolute Gasteiger partial charge is 0.153 e. The van der Waals surface area contributed by atoms with Gasteiger partial charge in [-0.25, -0.2) is 8.42 Å². The van der Waals surface area contributed by atoms with Gasteiger partial charge in [0.25, 0.3) is 0 Å². The Morgan fingerprint density at radius 1 is 1.26 bits per heavy atom. The summed E-state index contributed by atoms with van der Waals surface area (Å²) < 4.78 is 27.7. The van der Waals surface area contributed by atoms with Crippen LogP contribution in [0.25, 0.3) is 10.9 Å². The summed E-state index contributed by atoms with van der Waals surface area (Å²) >= 11 is 3.54. The molecule has 0 bridgehead atoms. The Morgan fingerprint density at radius 3 is 2.57 bits per heavy atom. The molecule has 1 aromatic heterocycles. The molecule has 2 aromatic rings. The topological polar surface area (TPSA) is 39.1 Å². The Kier molecular flexibility index (Phi) is 4.38. The van der Waals surface area contributed by atoms with E-state index in [1.54, 1.807) is 0 Å². The molecule has 1 aliphatic carbocycles. The second kappa shape index (κ2) is 5.92. The van der Waals surface area contributed by atoms with Gasteiger partial charge in [0.2, 0.25) is 0 Å². The lowest BCUT2D eigenvalue weighted by Crippen LogP contribution is -2.15. The number of fused-ring (bicyclic) bond motifs is 1. The lowest BCUT2D eigenvalue weighted by Gasteiger charge is -2.19. The quantitative estimate of drug-likeness (QED) is 0.740. The molecule has 1 fully saturated rings. The first-order valence-electron chi connectivity index (χ1n) is 8.15. The molecular weight excluding hydrogens is 374 g/mol. The molecule has 23 heavy (non-hydrogen) atoms. The van der Waals surface area contributed by atoms with Crippen LogP contribution in [0.5, 0.6) is 0 Å². The van der Waals surface area contributed by atoms with E-state index in [0.717, 1.165) is 29.4 Å². The van der Waals surface area contributed by atoms with Crippen molar-refractivity contribution in [1.82, 2.24) is 4.57 Å². The zero-order valence-electron chi connectivity index (χ0n) is 14.0.